The number of benzene rings is 2. The van der Waals surface area contributed by atoms with E-state index in [-0.39, 0.29) is 0 Å². The fourth-order valence-electron chi connectivity index (χ4n) is 3.08. The molecule has 0 aromatic heterocycles. The first kappa shape index (κ1) is 21.9. The van der Waals surface area contributed by atoms with Crippen molar-refractivity contribution in [3.8, 4) is 5.75 Å². The lowest BCUT2D eigenvalue weighted by atomic mass is 10.0. The second kappa shape index (κ2) is 12.9. The molecule has 2 N–H and O–H groups in total. The summed E-state index contributed by atoms with van der Waals surface area (Å²) in [6.45, 7) is 4.77. The molecule has 0 aliphatic heterocycles. The van der Waals surface area contributed by atoms with E-state index in [1.165, 1.54) is 36.6 Å². The summed E-state index contributed by atoms with van der Waals surface area (Å²) < 4.78 is 21.2. The van der Waals surface area contributed by atoms with E-state index < -0.39 is 8.25 Å². The first-order valence-electron chi connectivity index (χ1n) is 9.92. The van der Waals surface area contributed by atoms with Gasteiger partial charge in [0.05, 0.1) is 13.2 Å². The van der Waals surface area contributed by atoms with Gasteiger partial charge in [-0.05, 0) is 36.4 Å². The van der Waals surface area contributed by atoms with Gasteiger partial charge in [0.2, 0.25) is 0 Å². The number of ether oxygens (including phenoxy) is 1. The number of unbranched alkanes of at least 4 members (excludes halogenated alkanes) is 4. The summed E-state index contributed by atoms with van der Waals surface area (Å²) in [6, 6.07) is 12.5. The summed E-state index contributed by atoms with van der Waals surface area (Å²) in [7, 11) is -2.81. The average molecular weight is 393 g/mol. The predicted molar refractivity (Wildman–Crippen MR) is 112 cm³/mol. The van der Waals surface area contributed by atoms with E-state index in [0.29, 0.717) is 13.0 Å². The predicted octanol–water partition coefficient (Wildman–Crippen LogP) is 5.07. The molecular weight excluding hydrogens is 361 g/mol. The van der Waals surface area contributed by atoms with Crippen LogP contribution in [0.4, 0.5) is 0 Å². The third kappa shape index (κ3) is 8.02. The van der Waals surface area contributed by atoms with Crippen LogP contribution in [0.5, 0.6) is 5.75 Å². The van der Waals surface area contributed by atoms with Crippen molar-refractivity contribution in [1.29, 1.82) is 0 Å². The largest absolute Gasteiger partial charge is 0.493 e. The SMILES string of the molecule is CCCCCCCOc1ccc(CNCCCO[PH](=O)O)c2ccccc12. The van der Waals surface area contributed by atoms with E-state index in [2.05, 4.69) is 36.5 Å². The van der Waals surface area contributed by atoms with Gasteiger partial charge < -0.3 is 19.5 Å². The van der Waals surface area contributed by atoms with Gasteiger partial charge in [-0.25, -0.2) is 0 Å². The van der Waals surface area contributed by atoms with Gasteiger partial charge in [0.25, 0.3) is 0 Å². The zero-order chi connectivity index (χ0) is 19.3. The van der Waals surface area contributed by atoms with E-state index in [9.17, 15) is 4.57 Å². The normalized spacial score (nSPS) is 12.4. The Hall–Kier alpha value is -1.39. The van der Waals surface area contributed by atoms with Crippen molar-refractivity contribution in [1.82, 2.24) is 5.32 Å². The number of rotatable bonds is 14. The molecule has 2 rings (SSSR count). The maximum absolute atomic E-state index is 10.5. The molecule has 6 heteroatoms. The molecule has 0 saturated heterocycles. The van der Waals surface area contributed by atoms with Crippen LogP contribution in [0.1, 0.15) is 51.0 Å². The second-order valence-electron chi connectivity index (χ2n) is 6.68. The number of fused-ring (bicyclic) bond motifs is 1. The lowest BCUT2D eigenvalue weighted by Gasteiger charge is -2.13. The molecule has 1 atom stereocenters. The van der Waals surface area contributed by atoms with Crippen molar-refractivity contribution < 1.29 is 18.7 Å². The van der Waals surface area contributed by atoms with Crippen LogP contribution >= 0.6 is 8.25 Å². The van der Waals surface area contributed by atoms with E-state index in [0.717, 1.165) is 37.3 Å². The fourth-order valence-corrected chi connectivity index (χ4v) is 3.40. The average Bonchev–Trinajstić information content (AvgIpc) is 2.68. The number of hydrogen-bond donors (Lipinski definition) is 2. The van der Waals surface area contributed by atoms with Crippen LogP contribution in [0.15, 0.2) is 36.4 Å². The summed E-state index contributed by atoms with van der Waals surface area (Å²) in [5.41, 5.74) is 1.22. The highest BCUT2D eigenvalue weighted by atomic mass is 31.1. The van der Waals surface area contributed by atoms with Gasteiger partial charge in [0.15, 0.2) is 0 Å². The Labute approximate surface area is 163 Å². The highest BCUT2D eigenvalue weighted by Gasteiger charge is 2.06. The molecule has 0 radical (unpaired) electrons. The van der Waals surface area contributed by atoms with Crippen molar-refractivity contribution in [2.45, 2.75) is 52.0 Å². The molecule has 0 fully saturated rings. The molecule has 1 unspecified atom stereocenters. The summed E-state index contributed by atoms with van der Waals surface area (Å²) in [4.78, 5) is 8.64. The number of nitrogens with one attached hydrogen (secondary N) is 1. The molecule has 150 valence electrons. The van der Waals surface area contributed by atoms with Crippen molar-refractivity contribution in [2.75, 3.05) is 19.8 Å². The van der Waals surface area contributed by atoms with E-state index >= 15 is 0 Å². The molecule has 0 saturated carbocycles. The topological polar surface area (TPSA) is 67.8 Å². The Kier molecular flexibility index (Phi) is 10.5. The Morgan fingerprint density at radius 1 is 0.963 bits per heavy atom. The Morgan fingerprint density at radius 3 is 2.52 bits per heavy atom. The van der Waals surface area contributed by atoms with Gasteiger partial charge in [-0.15, -0.1) is 0 Å². The van der Waals surface area contributed by atoms with Crippen LogP contribution in [-0.4, -0.2) is 24.7 Å². The van der Waals surface area contributed by atoms with Gasteiger partial charge in [-0.3, -0.25) is 4.57 Å². The summed E-state index contributed by atoms with van der Waals surface area (Å²) in [5, 5.41) is 5.71. The van der Waals surface area contributed by atoms with Gasteiger partial charge >= 0.3 is 8.25 Å². The van der Waals surface area contributed by atoms with Gasteiger partial charge in [-0.1, -0.05) is 62.9 Å². The standard InChI is InChI=1S/C21H32NO4P/c1-2-3-4-5-8-15-25-21-13-12-18(19-10-6-7-11-20(19)21)17-22-14-9-16-26-27(23)24/h6-7,10-13,22,27H,2-5,8-9,14-17H2,1H3,(H,23,24). The zero-order valence-electron chi connectivity index (χ0n) is 16.2. The highest BCUT2D eigenvalue weighted by Crippen LogP contribution is 2.29. The molecule has 0 aliphatic carbocycles. The van der Waals surface area contributed by atoms with Crippen molar-refractivity contribution >= 4 is 19.0 Å². The summed E-state index contributed by atoms with van der Waals surface area (Å²) >= 11 is 0. The van der Waals surface area contributed by atoms with E-state index in [1.807, 2.05) is 12.1 Å². The highest BCUT2D eigenvalue weighted by molar-refractivity contribution is 7.32. The van der Waals surface area contributed by atoms with Crippen LogP contribution in [0, 0.1) is 0 Å². The molecule has 0 heterocycles. The van der Waals surface area contributed by atoms with Crippen LogP contribution in [0.3, 0.4) is 0 Å². The summed E-state index contributed by atoms with van der Waals surface area (Å²) in [6.07, 6.45) is 6.87. The lowest BCUT2D eigenvalue weighted by molar-refractivity contribution is 0.276. The van der Waals surface area contributed by atoms with Crippen LogP contribution in [-0.2, 0) is 15.6 Å². The van der Waals surface area contributed by atoms with Crippen LogP contribution in [0.2, 0.25) is 0 Å². The Morgan fingerprint density at radius 2 is 1.74 bits per heavy atom. The van der Waals surface area contributed by atoms with Crippen LogP contribution in [0.25, 0.3) is 10.8 Å². The van der Waals surface area contributed by atoms with Crippen LogP contribution < -0.4 is 10.1 Å². The van der Waals surface area contributed by atoms with Gasteiger partial charge in [0.1, 0.15) is 5.75 Å². The molecular formula is C21H32NO4P. The van der Waals surface area contributed by atoms with E-state index in [4.69, 9.17) is 14.2 Å². The van der Waals surface area contributed by atoms with E-state index in [1.54, 1.807) is 0 Å². The first-order chi connectivity index (χ1) is 13.2. The van der Waals surface area contributed by atoms with Crippen molar-refractivity contribution in [3.63, 3.8) is 0 Å². The maximum atomic E-state index is 10.5. The molecule has 2 aromatic carbocycles. The third-order valence-electron chi connectivity index (χ3n) is 4.52. The molecule has 0 amide bonds. The third-order valence-corrected chi connectivity index (χ3v) is 4.97. The monoisotopic (exact) mass is 393 g/mol. The first-order valence-corrected chi connectivity index (χ1v) is 11.2. The lowest BCUT2D eigenvalue weighted by Crippen LogP contribution is -2.16. The fraction of sp³-hybridized carbons (Fsp3) is 0.524. The zero-order valence-corrected chi connectivity index (χ0v) is 17.2. The minimum Gasteiger partial charge on any atom is -0.493 e. The minimum absolute atomic E-state index is 0.299. The van der Waals surface area contributed by atoms with Gasteiger partial charge in [-0.2, -0.15) is 0 Å². The molecule has 0 spiro atoms. The Balaban J connectivity index is 1.87. The van der Waals surface area contributed by atoms with Gasteiger partial charge in [0, 0.05) is 11.9 Å². The molecule has 0 bridgehead atoms. The quantitative estimate of drug-likeness (QED) is 0.347. The minimum atomic E-state index is -2.81. The molecule has 5 nitrogen and oxygen atoms in total. The van der Waals surface area contributed by atoms with Crippen molar-refractivity contribution in [3.05, 3.63) is 42.0 Å². The summed E-state index contributed by atoms with van der Waals surface area (Å²) in [5.74, 6) is 0.950. The molecule has 27 heavy (non-hydrogen) atoms. The molecule has 2 aromatic rings. The smallest absolute Gasteiger partial charge is 0.316 e. The van der Waals surface area contributed by atoms with Crippen molar-refractivity contribution in [2.24, 2.45) is 0 Å². The second-order valence-corrected chi connectivity index (χ2v) is 7.50. The Bertz CT molecular complexity index is 708. The maximum Gasteiger partial charge on any atom is 0.316 e. The molecule has 0 aliphatic rings. The number of hydrogen-bond acceptors (Lipinski definition) is 4.